The molecule has 2 rings (SSSR count). The third-order valence-corrected chi connectivity index (χ3v) is 3.49. The highest BCUT2D eigenvalue weighted by atomic mass is 79.9. The van der Waals surface area contributed by atoms with Crippen LogP contribution in [-0.4, -0.2) is 24.9 Å². The largest absolute Gasteiger partial charge is 0.356 e. The van der Waals surface area contributed by atoms with E-state index in [2.05, 4.69) is 21.2 Å². The van der Waals surface area contributed by atoms with Gasteiger partial charge in [-0.25, -0.2) is 0 Å². The Morgan fingerprint density at radius 1 is 1.56 bits per heavy atom. The average molecular weight is 311 g/mol. The molecule has 18 heavy (non-hydrogen) atoms. The Morgan fingerprint density at radius 3 is 3.00 bits per heavy atom. The van der Waals surface area contributed by atoms with Crippen molar-refractivity contribution >= 4 is 33.4 Å². The zero-order chi connectivity index (χ0) is 13.1. The average Bonchev–Trinajstić information content (AvgIpc) is 2.71. The van der Waals surface area contributed by atoms with Gasteiger partial charge in [0.2, 0.25) is 11.8 Å². The Balaban J connectivity index is 2.14. The van der Waals surface area contributed by atoms with Crippen LogP contribution in [-0.2, 0) is 9.59 Å². The summed E-state index contributed by atoms with van der Waals surface area (Å²) in [7, 11) is 0. The zero-order valence-corrected chi connectivity index (χ0v) is 11.7. The van der Waals surface area contributed by atoms with Crippen LogP contribution in [0.5, 0.6) is 0 Å². The fraction of sp³-hybridized carbons (Fsp3) is 0.385. The maximum Gasteiger partial charge on any atom is 0.239 e. The minimum absolute atomic E-state index is 0.112. The fourth-order valence-corrected chi connectivity index (χ4v) is 2.51. The van der Waals surface area contributed by atoms with Crippen molar-refractivity contribution in [1.82, 2.24) is 5.32 Å². The monoisotopic (exact) mass is 310 g/mol. The summed E-state index contributed by atoms with van der Waals surface area (Å²) in [6, 6.07) is 7.55. The first-order valence-electron chi connectivity index (χ1n) is 5.98. The number of benzene rings is 1. The maximum absolute atomic E-state index is 12.2. The van der Waals surface area contributed by atoms with Crippen LogP contribution >= 0.6 is 15.9 Å². The first kappa shape index (κ1) is 13.1. The number of nitrogens with one attached hydrogen (secondary N) is 1. The number of anilines is 1. The highest BCUT2D eigenvalue weighted by Crippen LogP contribution is 2.27. The third kappa shape index (κ3) is 2.56. The van der Waals surface area contributed by atoms with Crippen LogP contribution in [0.3, 0.4) is 0 Å². The zero-order valence-electron chi connectivity index (χ0n) is 10.1. The van der Waals surface area contributed by atoms with Gasteiger partial charge in [0.05, 0.1) is 0 Å². The summed E-state index contributed by atoms with van der Waals surface area (Å²) >= 11 is 3.38. The van der Waals surface area contributed by atoms with Gasteiger partial charge in [-0.3, -0.25) is 9.59 Å². The molecule has 4 nitrogen and oxygen atoms in total. The molecule has 1 fully saturated rings. The maximum atomic E-state index is 12.2. The lowest BCUT2D eigenvalue weighted by molar-refractivity contribution is -0.132. The van der Waals surface area contributed by atoms with E-state index in [1.807, 2.05) is 31.2 Å². The van der Waals surface area contributed by atoms with Gasteiger partial charge >= 0.3 is 0 Å². The SMILES string of the molecule is CCNC(=O)C1CCN(c2cccc(Br)c2)C1=O. The Kier molecular flexibility index (Phi) is 4.01. The smallest absolute Gasteiger partial charge is 0.239 e. The number of rotatable bonds is 3. The van der Waals surface area contributed by atoms with Crippen molar-refractivity contribution in [3.05, 3.63) is 28.7 Å². The topological polar surface area (TPSA) is 49.4 Å². The molecule has 0 spiro atoms. The predicted octanol–water partition coefficient (Wildman–Crippen LogP) is 1.94. The van der Waals surface area contributed by atoms with Crippen LogP contribution < -0.4 is 10.2 Å². The van der Waals surface area contributed by atoms with Gasteiger partial charge in [-0.15, -0.1) is 0 Å². The lowest BCUT2D eigenvalue weighted by Crippen LogP contribution is -2.36. The van der Waals surface area contributed by atoms with Crippen LogP contribution in [0.25, 0.3) is 0 Å². The van der Waals surface area contributed by atoms with Crippen LogP contribution in [0, 0.1) is 5.92 Å². The summed E-state index contributed by atoms with van der Waals surface area (Å²) in [6.07, 6.45) is 0.581. The summed E-state index contributed by atoms with van der Waals surface area (Å²) < 4.78 is 0.925. The summed E-state index contributed by atoms with van der Waals surface area (Å²) in [5.41, 5.74) is 0.834. The Morgan fingerprint density at radius 2 is 2.33 bits per heavy atom. The second-order valence-electron chi connectivity index (χ2n) is 4.21. The second-order valence-corrected chi connectivity index (χ2v) is 5.12. The molecule has 5 heteroatoms. The van der Waals surface area contributed by atoms with E-state index in [-0.39, 0.29) is 11.8 Å². The quantitative estimate of drug-likeness (QED) is 0.867. The number of carbonyl (C=O) groups excluding carboxylic acids is 2. The Labute approximate surface area is 114 Å². The van der Waals surface area contributed by atoms with Gasteiger partial charge in [0.15, 0.2) is 0 Å². The number of hydrogen-bond donors (Lipinski definition) is 1. The Bertz CT molecular complexity index is 476. The van der Waals surface area contributed by atoms with Gasteiger partial charge < -0.3 is 10.2 Å². The molecule has 1 N–H and O–H groups in total. The van der Waals surface area contributed by atoms with E-state index in [0.29, 0.717) is 19.5 Å². The van der Waals surface area contributed by atoms with E-state index in [0.717, 1.165) is 10.2 Å². The van der Waals surface area contributed by atoms with Crippen molar-refractivity contribution in [2.75, 3.05) is 18.0 Å². The summed E-state index contributed by atoms with van der Waals surface area (Å²) in [4.78, 5) is 25.6. The summed E-state index contributed by atoms with van der Waals surface area (Å²) in [5.74, 6) is -0.817. The van der Waals surface area contributed by atoms with Crippen molar-refractivity contribution in [2.24, 2.45) is 5.92 Å². The van der Waals surface area contributed by atoms with Gasteiger partial charge in [-0.1, -0.05) is 22.0 Å². The van der Waals surface area contributed by atoms with Crippen LogP contribution in [0.15, 0.2) is 28.7 Å². The number of halogens is 1. The predicted molar refractivity (Wildman–Crippen MR) is 73.3 cm³/mol. The van der Waals surface area contributed by atoms with Crippen molar-refractivity contribution in [1.29, 1.82) is 0 Å². The van der Waals surface area contributed by atoms with E-state index in [9.17, 15) is 9.59 Å². The summed E-state index contributed by atoms with van der Waals surface area (Å²) in [6.45, 7) is 3.00. The van der Waals surface area contributed by atoms with Crippen LogP contribution in [0.4, 0.5) is 5.69 Å². The standard InChI is InChI=1S/C13H15BrN2O2/c1-2-15-12(17)11-6-7-16(13(11)18)10-5-3-4-9(14)8-10/h3-5,8,11H,2,6-7H2,1H3,(H,15,17). The molecule has 0 radical (unpaired) electrons. The van der Waals surface area contributed by atoms with E-state index < -0.39 is 5.92 Å². The highest BCUT2D eigenvalue weighted by Gasteiger charge is 2.37. The van der Waals surface area contributed by atoms with Crippen molar-refractivity contribution in [3.8, 4) is 0 Å². The molecule has 0 bridgehead atoms. The number of nitrogens with zero attached hydrogens (tertiary/aromatic N) is 1. The molecule has 0 aliphatic carbocycles. The van der Waals surface area contributed by atoms with E-state index in [1.54, 1.807) is 4.90 Å². The number of hydrogen-bond acceptors (Lipinski definition) is 2. The number of carbonyl (C=O) groups is 2. The molecule has 1 aromatic carbocycles. The molecule has 0 saturated carbocycles. The first-order valence-corrected chi connectivity index (χ1v) is 6.77. The van der Waals surface area contributed by atoms with E-state index in [1.165, 1.54) is 0 Å². The molecule has 0 aromatic heterocycles. The highest BCUT2D eigenvalue weighted by molar-refractivity contribution is 9.10. The molecule has 96 valence electrons. The molecule has 1 aliphatic heterocycles. The molecule has 1 unspecified atom stereocenters. The molecular formula is C13H15BrN2O2. The molecular weight excluding hydrogens is 296 g/mol. The molecule has 1 saturated heterocycles. The Hall–Kier alpha value is -1.36. The molecule has 1 atom stereocenters. The molecule has 2 amide bonds. The van der Waals surface area contributed by atoms with Crippen LogP contribution in [0.1, 0.15) is 13.3 Å². The third-order valence-electron chi connectivity index (χ3n) is 2.99. The van der Waals surface area contributed by atoms with Crippen molar-refractivity contribution < 1.29 is 9.59 Å². The van der Waals surface area contributed by atoms with Gasteiger partial charge in [0, 0.05) is 23.2 Å². The lowest BCUT2D eigenvalue weighted by Gasteiger charge is -2.16. The van der Waals surface area contributed by atoms with E-state index >= 15 is 0 Å². The molecule has 1 aromatic rings. The van der Waals surface area contributed by atoms with Gasteiger partial charge in [-0.2, -0.15) is 0 Å². The summed E-state index contributed by atoms with van der Waals surface area (Å²) in [5, 5.41) is 2.71. The normalized spacial score (nSPS) is 19.1. The van der Waals surface area contributed by atoms with E-state index in [4.69, 9.17) is 0 Å². The van der Waals surface area contributed by atoms with Crippen LogP contribution in [0.2, 0.25) is 0 Å². The second kappa shape index (κ2) is 5.52. The van der Waals surface area contributed by atoms with Gasteiger partial charge in [0.25, 0.3) is 0 Å². The molecule has 1 aliphatic rings. The van der Waals surface area contributed by atoms with Crippen molar-refractivity contribution in [3.63, 3.8) is 0 Å². The van der Waals surface area contributed by atoms with Gasteiger partial charge in [0.1, 0.15) is 5.92 Å². The molecule has 1 heterocycles. The van der Waals surface area contributed by atoms with Gasteiger partial charge in [-0.05, 0) is 31.5 Å². The first-order chi connectivity index (χ1) is 8.63. The minimum Gasteiger partial charge on any atom is -0.356 e. The minimum atomic E-state index is -0.538. The fourth-order valence-electron chi connectivity index (χ4n) is 2.12. The van der Waals surface area contributed by atoms with Crippen molar-refractivity contribution in [2.45, 2.75) is 13.3 Å². The number of amides is 2. The lowest BCUT2D eigenvalue weighted by atomic mass is 10.1.